The van der Waals surface area contributed by atoms with Crippen molar-refractivity contribution in [3.05, 3.63) is 58.7 Å². The zero-order chi connectivity index (χ0) is 23.0. The molecule has 8 nitrogen and oxygen atoms in total. The fourth-order valence-corrected chi connectivity index (χ4v) is 4.25. The number of amides is 3. The maximum absolute atomic E-state index is 12.4. The second-order valence-electron chi connectivity index (χ2n) is 7.95. The number of nitrogens with one attached hydrogen (secondary N) is 1. The maximum Gasteiger partial charge on any atom is 0.259 e. The number of aryl methyl sites for hydroxylation is 1. The van der Waals surface area contributed by atoms with E-state index in [1.54, 1.807) is 36.0 Å². The van der Waals surface area contributed by atoms with Gasteiger partial charge in [0, 0.05) is 29.8 Å². The van der Waals surface area contributed by atoms with Crippen LogP contribution in [0.4, 0.5) is 0 Å². The maximum atomic E-state index is 12.4. The predicted octanol–water partition coefficient (Wildman–Crippen LogP) is 2.78. The standard InChI is InChI=1S/C23H23ClN4O4/c1-12(13-6-8-14(24)9-7-13)21(22(25)30)32-17-5-3-4-15-19(27-28(2)20(15)17)16-10-11-18(29)26-23(16)31/h3-9,12,16,21H,10-11H2,1-2H3,(H2,25,30)(H,26,29,31)/t12-,16?,21?/m0/s1. The van der Waals surface area contributed by atoms with Crippen LogP contribution < -0.4 is 15.8 Å². The third-order valence-electron chi connectivity index (χ3n) is 5.81. The molecule has 0 radical (unpaired) electrons. The van der Waals surface area contributed by atoms with E-state index >= 15 is 0 Å². The largest absolute Gasteiger partial charge is 0.478 e. The molecule has 0 aliphatic carbocycles. The van der Waals surface area contributed by atoms with Gasteiger partial charge in [-0.3, -0.25) is 24.4 Å². The first kappa shape index (κ1) is 21.8. The predicted molar refractivity (Wildman–Crippen MR) is 119 cm³/mol. The molecule has 2 heterocycles. The topological polar surface area (TPSA) is 116 Å². The number of hydrogen-bond acceptors (Lipinski definition) is 5. The summed E-state index contributed by atoms with van der Waals surface area (Å²) in [5, 5.41) is 8.24. The molecule has 4 rings (SSSR count). The Kier molecular flexibility index (Phi) is 5.88. The Labute approximate surface area is 189 Å². The lowest BCUT2D eigenvalue weighted by Crippen LogP contribution is -2.39. The number of para-hydroxylation sites is 1. The van der Waals surface area contributed by atoms with Crippen molar-refractivity contribution in [3.63, 3.8) is 0 Å². The van der Waals surface area contributed by atoms with Gasteiger partial charge in [0.15, 0.2) is 6.10 Å². The number of halogens is 1. The molecule has 3 atom stereocenters. The first-order chi connectivity index (χ1) is 15.3. The van der Waals surface area contributed by atoms with E-state index in [9.17, 15) is 14.4 Å². The number of fused-ring (bicyclic) bond motifs is 1. The highest BCUT2D eigenvalue weighted by Crippen LogP contribution is 2.35. The van der Waals surface area contributed by atoms with Gasteiger partial charge in [-0.2, -0.15) is 5.10 Å². The van der Waals surface area contributed by atoms with E-state index in [1.165, 1.54) is 0 Å². The third kappa shape index (κ3) is 4.05. The Morgan fingerprint density at radius 1 is 1.25 bits per heavy atom. The molecule has 3 amide bonds. The SMILES string of the molecule is C[C@@H](c1ccc(Cl)cc1)C(Oc1cccc2c(C3CCC(=O)NC3=O)nn(C)c12)C(N)=O. The van der Waals surface area contributed by atoms with Crippen molar-refractivity contribution in [2.24, 2.45) is 12.8 Å². The molecule has 0 saturated carbocycles. The van der Waals surface area contributed by atoms with Crippen molar-refractivity contribution in [2.45, 2.75) is 37.7 Å². The molecular formula is C23H23ClN4O4. The Morgan fingerprint density at radius 3 is 2.62 bits per heavy atom. The number of aromatic nitrogens is 2. The number of benzene rings is 2. The van der Waals surface area contributed by atoms with Crippen molar-refractivity contribution in [2.75, 3.05) is 0 Å². The number of primary amides is 1. The van der Waals surface area contributed by atoms with E-state index in [1.807, 2.05) is 25.1 Å². The lowest BCUT2D eigenvalue weighted by Gasteiger charge is -2.23. The van der Waals surface area contributed by atoms with Crippen LogP contribution in [0.15, 0.2) is 42.5 Å². The van der Waals surface area contributed by atoms with Crippen molar-refractivity contribution in [3.8, 4) is 5.75 Å². The van der Waals surface area contributed by atoms with E-state index in [0.29, 0.717) is 28.4 Å². The summed E-state index contributed by atoms with van der Waals surface area (Å²) in [7, 11) is 1.74. The quantitative estimate of drug-likeness (QED) is 0.555. The van der Waals surface area contributed by atoms with Gasteiger partial charge < -0.3 is 10.5 Å². The lowest BCUT2D eigenvalue weighted by molar-refractivity contribution is -0.134. The monoisotopic (exact) mass is 454 g/mol. The molecule has 0 spiro atoms. The van der Waals surface area contributed by atoms with Crippen molar-refractivity contribution in [1.29, 1.82) is 0 Å². The first-order valence-corrected chi connectivity index (χ1v) is 10.6. The van der Waals surface area contributed by atoms with E-state index in [0.717, 1.165) is 10.9 Å². The van der Waals surface area contributed by atoms with Crippen LogP contribution in [-0.2, 0) is 21.4 Å². The summed E-state index contributed by atoms with van der Waals surface area (Å²) in [5.74, 6) is -1.68. The number of ether oxygens (including phenoxy) is 1. The number of piperidine rings is 1. The normalized spacial score (nSPS) is 18.3. The van der Waals surface area contributed by atoms with Gasteiger partial charge in [0.1, 0.15) is 11.3 Å². The molecular weight excluding hydrogens is 432 g/mol. The number of rotatable bonds is 6. The Hall–Kier alpha value is -3.39. The van der Waals surface area contributed by atoms with Crippen LogP contribution in [0.5, 0.6) is 5.75 Å². The van der Waals surface area contributed by atoms with Crippen molar-refractivity contribution < 1.29 is 19.1 Å². The van der Waals surface area contributed by atoms with Crippen LogP contribution in [0, 0.1) is 0 Å². The summed E-state index contributed by atoms with van der Waals surface area (Å²) < 4.78 is 7.76. The zero-order valence-corrected chi connectivity index (χ0v) is 18.4. The van der Waals surface area contributed by atoms with Gasteiger partial charge in [0.25, 0.3) is 5.91 Å². The number of nitrogens with zero attached hydrogens (tertiary/aromatic N) is 2. The number of nitrogens with two attached hydrogens (primary N) is 1. The molecule has 9 heteroatoms. The fourth-order valence-electron chi connectivity index (χ4n) is 4.12. The molecule has 3 N–H and O–H groups in total. The average molecular weight is 455 g/mol. The smallest absolute Gasteiger partial charge is 0.259 e. The van der Waals surface area contributed by atoms with Crippen LogP contribution in [0.3, 0.4) is 0 Å². The molecule has 1 aliphatic heterocycles. The number of imide groups is 1. The van der Waals surface area contributed by atoms with Crippen LogP contribution >= 0.6 is 11.6 Å². The second-order valence-corrected chi connectivity index (χ2v) is 8.38. The summed E-state index contributed by atoms with van der Waals surface area (Å²) in [6.45, 7) is 1.86. The van der Waals surface area contributed by atoms with Gasteiger partial charge in [0.05, 0.1) is 11.6 Å². The minimum absolute atomic E-state index is 0.257. The fraction of sp³-hybridized carbons (Fsp3) is 0.304. The second kappa shape index (κ2) is 8.63. The molecule has 1 saturated heterocycles. The summed E-state index contributed by atoms with van der Waals surface area (Å²) in [6, 6.07) is 12.5. The van der Waals surface area contributed by atoms with E-state index in [2.05, 4.69) is 10.4 Å². The summed E-state index contributed by atoms with van der Waals surface area (Å²) in [5.41, 5.74) is 7.76. The highest BCUT2D eigenvalue weighted by atomic mass is 35.5. The van der Waals surface area contributed by atoms with Crippen LogP contribution in [0.2, 0.25) is 5.02 Å². The third-order valence-corrected chi connectivity index (χ3v) is 6.06. The van der Waals surface area contributed by atoms with E-state index in [4.69, 9.17) is 22.1 Å². The highest BCUT2D eigenvalue weighted by Gasteiger charge is 2.33. The van der Waals surface area contributed by atoms with Gasteiger partial charge in [-0.05, 0) is 30.2 Å². The van der Waals surface area contributed by atoms with Crippen LogP contribution in [0.1, 0.15) is 42.9 Å². The Bertz CT molecular complexity index is 1200. The van der Waals surface area contributed by atoms with E-state index in [-0.39, 0.29) is 24.2 Å². The van der Waals surface area contributed by atoms with Gasteiger partial charge in [0.2, 0.25) is 11.8 Å². The first-order valence-electron chi connectivity index (χ1n) is 10.3. The molecule has 1 fully saturated rings. The molecule has 2 aromatic carbocycles. The van der Waals surface area contributed by atoms with Gasteiger partial charge >= 0.3 is 0 Å². The number of hydrogen-bond donors (Lipinski definition) is 2. The van der Waals surface area contributed by atoms with Crippen molar-refractivity contribution in [1.82, 2.24) is 15.1 Å². The average Bonchev–Trinajstić information content (AvgIpc) is 3.09. The summed E-state index contributed by atoms with van der Waals surface area (Å²) >= 11 is 5.98. The Balaban J connectivity index is 1.70. The lowest BCUT2D eigenvalue weighted by atomic mass is 9.92. The summed E-state index contributed by atoms with van der Waals surface area (Å²) in [4.78, 5) is 36.2. The van der Waals surface area contributed by atoms with Crippen LogP contribution in [0.25, 0.3) is 10.9 Å². The molecule has 2 unspecified atom stereocenters. The molecule has 0 bridgehead atoms. The van der Waals surface area contributed by atoms with Crippen molar-refractivity contribution >= 4 is 40.2 Å². The molecule has 1 aliphatic rings. The van der Waals surface area contributed by atoms with Gasteiger partial charge in [-0.1, -0.05) is 42.8 Å². The van der Waals surface area contributed by atoms with Crippen LogP contribution in [-0.4, -0.2) is 33.6 Å². The molecule has 166 valence electrons. The molecule has 3 aromatic rings. The highest BCUT2D eigenvalue weighted by molar-refractivity contribution is 6.30. The number of carbonyl (C=O) groups is 3. The van der Waals surface area contributed by atoms with E-state index < -0.39 is 17.9 Å². The van der Waals surface area contributed by atoms with Gasteiger partial charge in [-0.25, -0.2) is 0 Å². The van der Waals surface area contributed by atoms with Gasteiger partial charge in [-0.15, -0.1) is 0 Å². The molecule has 1 aromatic heterocycles. The minimum atomic E-state index is -0.935. The zero-order valence-electron chi connectivity index (χ0n) is 17.7. The number of carbonyl (C=O) groups excluding carboxylic acids is 3. The Morgan fingerprint density at radius 2 is 1.97 bits per heavy atom. The molecule has 32 heavy (non-hydrogen) atoms. The minimum Gasteiger partial charge on any atom is -0.478 e. The summed E-state index contributed by atoms with van der Waals surface area (Å²) in [6.07, 6.45) is -0.289.